The number of carboxylic acids is 1. The van der Waals surface area contributed by atoms with Gasteiger partial charge in [0.15, 0.2) is 0 Å². The van der Waals surface area contributed by atoms with E-state index in [1.54, 1.807) is 0 Å². The zero-order valence-corrected chi connectivity index (χ0v) is 8.35. The Hall–Kier alpha value is -1.82. The highest BCUT2D eigenvalue weighted by molar-refractivity contribution is 7.85. The van der Waals surface area contributed by atoms with Gasteiger partial charge in [-0.1, -0.05) is 0 Å². The van der Waals surface area contributed by atoms with Gasteiger partial charge < -0.3 is 5.11 Å². The highest BCUT2D eigenvalue weighted by Gasteiger charge is 2.04. The van der Waals surface area contributed by atoms with Crippen LogP contribution in [0.4, 0.5) is 5.69 Å². The maximum Gasteiger partial charge on any atom is 0.341 e. The molecule has 0 spiro atoms. The predicted octanol–water partition coefficient (Wildman–Crippen LogP) is 1.95. The molecule has 0 unspecified atom stereocenters. The molecule has 0 atom stereocenters. The Morgan fingerprint density at radius 2 is 1.93 bits per heavy atom. The van der Waals surface area contributed by atoms with E-state index < -0.39 is 10.9 Å². The number of carbonyl (C=O) groups is 1. The van der Waals surface area contributed by atoms with Crippen molar-refractivity contribution < 1.29 is 14.8 Å². The van der Waals surface area contributed by atoms with Crippen molar-refractivity contribution in [2.45, 2.75) is 0 Å². The van der Waals surface area contributed by atoms with Gasteiger partial charge in [0.05, 0.1) is 9.83 Å². The summed E-state index contributed by atoms with van der Waals surface area (Å²) in [6.07, 6.45) is 1.31. The van der Waals surface area contributed by atoms with Crippen LogP contribution in [0.2, 0.25) is 0 Å². The van der Waals surface area contributed by atoms with Crippen molar-refractivity contribution in [2.75, 3.05) is 0 Å². The number of carboxylic acid groups (broad SMARTS) is 1. The second-order valence-corrected chi connectivity index (χ2v) is 3.17. The number of nitro benzene ring substituents is 1. The summed E-state index contributed by atoms with van der Waals surface area (Å²) < 4.78 is 0. The van der Waals surface area contributed by atoms with E-state index in [0.717, 1.165) is 0 Å². The van der Waals surface area contributed by atoms with E-state index in [2.05, 4.69) is 12.6 Å². The maximum atomic E-state index is 10.4. The predicted molar refractivity (Wildman–Crippen MR) is 57.7 cm³/mol. The zero-order chi connectivity index (χ0) is 11.4. The molecule has 0 fully saturated rings. The fourth-order valence-electron chi connectivity index (χ4n) is 0.912. The van der Waals surface area contributed by atoms with Gasteiger partial charge in [0, 0.05) is 12.1 Å². The molecule has 0 aliphatic rings. The average Bonchev–Trinajstić information content (AvgIpc) is 2.18. The topological polar surface area (TPSA) is 80.4 Å². The van der Waals surface area contributed by atoms with Crippen molar-refractivity contribution in [1.82, 2.24) is 0 Å². The first-order valence-electron chi connectivity index (χ1n) is 3.89. The molecule has 1 N–H and O–H groups in total. The highest BCUT2D eigenvalue weighted by atomic mass is 32.1. The van der Waals surface area contributed by atoms with Gasteiger partial charge in [-0.15, -0.1) is 12.6 Å². The van der Waals surface area contributed by atoms with Crippen LogP contribution in [0, 0.1) is 10.1 Å². The second kappa shape index (κ2) is 4.61. The molecular formula is C9H7NO4S. The summed E-state index contributed by atoms with van der Waals surface area (Å²) in [6, 6.07) is 5.51. The van der Waals surface area contributed by atoms with Crippen LogP contribution in [0.15, 0.2) is 29.2 Å². The third-order valence-corrected chi connectivity index (χ3v) is 1.95. The van der Waals surface area contributed by atoms with Gasteiger partial charge in [-0.25, -0.2) is 4.79 Å². The summed E-state index contributed by atoms with van der Waals surface area (Å²) >= 11 is 3.73. The number of benzene rings is 1. The quantitative estimate of drug-likeness (QED) is 0.356. The molecule has 0 aromatic heterocycles. The van der Waals surface area contributed by atoms with E-state index in [0.29, 0.717) is 5.56 Å². The molecule has 15 heavy (non-hydrogen) atoms. The Balaban J connectivity index is 2.95. The fourth-order valence-corrected chi connectivity index (χ4v) is 1.06. The second-order valence-electron chi connectivity index (χ2n) is 2.68. The number of thiol groups is 1. The number of non-ortho nitro benzene ring substituents is 1. The largest absolute Gasteiger partial charge is 0.477 e. The van der Waals surface area contributed by atoms with Crippen LogP contribution in [0.1, 0.15) is 5.56 Å². The van der Waals surface area contributed by atoms with Crippen LogP contribution in [0.25, 0.3) is 6.08 Å². The summed E-state index contributed by atoms with van der Waals surface area (Å²) in [5.41, 5.74) is 0.510. The molecule has 0 amide bonds. The summed E-state index contributed by atoms with van der Waals surface area (Å²) in [7, 11) is 0. The van der Waals surface area contributed by atoms with Gasteiger partial charge in [0.25, 0.3) is 5.69 Å². The van der Waals surface area contributed by atoms with E-state index in [9.17, 15) is 14.9 Å². The minimum absolute atomic E-state index is 0.0387. The molecule has 0 aliphatic heterocycles. The first-order chi connectivity index (χ1) is 7.00. The van der Waals surface area contributed by atoms with Gasteiger partial charge in [-0.3, -0.25) is 10.1 Å². The molecule has 1 aromatic rings. The van der Waals surface area contributed by atoms with Crippen LogP contribution < -0.4 is 0 Å². The first-order valence-corrected chi connectivity index (χ1v) is 4.34. The molecule has 0 radical (unpaired) electrons. The van der Waals surface area contributed by atoms with Crippen LogP contribution in [-0.2, 0) is 4.79 Å². The standard InChI is InChI=1S/C9H7NO4S/c11-9(12)8(15)5-6-1-3-7(4-2-6)10(13)14/h1-5,15H,(H,11,12)/b8-5-. The van der Waals surface area contributed by atoms with E-state index in [4.69, 9.17) is 5.11 Å². The van der Waals surface area contributed by atoms with Crippen LogP contribution >= 0.6 is 12.6 Å². The van der Waals surface area contributed by atoms with Crippen LogP contribution in [0.5, 0.6) is 0 Å². The molecule has 78 valence electrons. The number of rotatable bonds is 3. The fraction of sp³-hybridized carbons (Fsp3) is 0. The number of hydrogen-bond donors (Lipinski definition) is 2. The number of hydrogen-bond acceptors (Lipinski definition) is 4. The minimum atomic E-state index is -1.14. The van der Waals surface area contributed by atoms with E-state index in [1.807, 2.05) is 0 Å². The lowest BCUT2D eigenvalue weighted by molar-refractivity contribution is -0.384. The van der Waals surface area contributed by atoms with Gasteiger partial charge in [-0.2, -0.15) is 0 Å². The van der Waals surface area contributed by atoms with Crippen molar-refractivity contribution in [3.8, 4) is 0 Å². The molecule has 0 aliphatic carbocycles. The third kappa shape index (κ3) is 3.10. The third-order valence-electron chi connectivity index (χ3n) is 1.63. The number of nitro groups is 1. The van der Waals surface area contributed by atoms with Gasteiger partial charge in [-0.05, 0) is 23.8 Å². The zero-order valence-electron chi connectivity index (χ0n) is 7.45. The smallest absolute Gasteiger partial charge is 0.341 e. The monoisotopic (exact) mass is 225 g/mol. The summed E-state index contributed by atoms with van der Waals surface area (Å²) in [5, 5.41) is 18.9. The molecule has 0 bridgehead atoms. The van der Waals surface area contributed by atoms with Crippen molar-refractivity contribution in [3.63, 3.8) is 0 Å². The van der Waals surface area contributed by atoms with E-state index in [1.165, 1.54) is 30.3 Å². The average molecular weight is 225 g/mol. The lowest BCUT2D eigenvalue weighted by Crippen LogP contribution is -1.93. The molecular weight excluding hydrogens is 218 g/mol. The normalized spacial score (nSPS) is 11.1. The molecule has 6 heteroatoms. The van der Waals surface area contributed by atoms with Gasteiger partial charge in [0.1, 0.15) is 0 Å². The Morgan fingerprint density at radius 1 is 1.40 bits per heavy atom. The van der Waals surface area contributed by atoms with Gasteiger partial charge in [0.2, 0.25) is 0 Å². The molecule has 0 heterocycles. The molecule has 1 rings (SSSR count). The van der Waals surface area contributed by atoms with Crippen molar-refractivity contribution >= 4 is 30.4 Å². The molecule has 5 nitrogen and oxygen atoms in total. The summed E-state index contributed by atoms with van der Waals surface area (Å²) in [4.78, 5) is 20.1. The number of aliphatic carboxylic acids is 1. The number of nitrogens with zero attached hydrogens (tertiary/aromatic N) is 1. The van der Waals surface area contributed by atoms with E-state index in [-0.39, 0.29) is 10.6 Å². The lowest BCUT2D eigenvalue weighted by atomic mass is 10.2. The van der Waals surface area contributed by atoms with Crippen molar-refractivity contribution in [2.24, 2.45) is 0 Å². The maximum absolute atomic E-state index is 10.4. The Kier molecular flexibility index (Phi) is 3.46. The van der Waals surface area contributed by atoms with Crippen LogP contribution in [-0.4, -0.2) is 16.0 Å². The molecule has 0 saturated heterocycles. The van der Waals surface area contributed by atoms with Crippen molar-refractivity contribution in [3.05, 3.63) is 44.8 Å². The van der Waals surface area contributed by atoms with E-state index >= 15 is 0 Å². The van der Waals surface area contributed by atoms with Crippen molar-refractivity contribution in [1.29, 1.82) is 0 Å². The van der Waals surface area contributed by atoms with Gasteiger partial charge >= 0.3 is 5.97 Å². The Bertz CT molecular complexity index is 424. The summed E-state index contributed by atoms with van der Waals surface area (Å²) in [6.45, 7) is 0. The first kappa shape index (κ1) is 11.3. The molecule has 1 aromatic carbocycles. The Morgan fingerprint density at radius 3 is 2.33 bits per heavy atom. The molecule has 0 saturated carbocycles. The Labute approximate surface area is 90.6 Å². The highest BCUT2D eigenvalue weighted by Crippen LogP contribution is 2.15. The van der Waals surface area contributed by atoms with Crippen LogP contribution in [0.3, 0.4) is 0 Å². The SMILES string of the molecule is O=C(O)/C(S)=C/c1ccc([N+](=O)[O-])cc1. The lowest BCUT2D eigenvalue weighted by Gasteiger charge is -1.95. The minimum Gasteiger partial charge on any atom is -0.477 e. The summed E-state index contributed by atoms with van der Waals surface area (Å²) in [5.74, 6) is -1.14.